The van der Waals surface area contributed by atoms with Crippen molar-refractivity contribution in [2.24, 2.45) is 5.73 Å². The van der Waals surface area contributed by atoms with Gasteiger partial charge < -0.3 is 10.5 Å². The van der Waals surface area contributed by atoms with Gasteiger partial charge in [-0.1, -0.05) is 40.9 Å². The van der Waals surface area contributed by atoms with Crippen molar-refractivity contribution in [2.45, 2.75) is 13.0 Å². The Morgan fingerprint density at radius 3 is 2.32 bits per heavy atom. The van der Waals surface area contributed by atoms with Gasteiger partial charge in [-0.2, -0.15) is 0 Å². The summed E-state index contributed by atoms with van der Waals surface area (Å²) in [6.45, 7) is 1.89. The highest BCUT2D eigenvalue weighted by Crippen LogP contribution is 2.36. The van der Waals surface area contributed by atoms with Crippen LogP contribution in [0.1, 0.15) is 18.5 Å². The lowest BCUT2D eigenvalue weighted by Gasteiger charge is -2.12. The van der Waals surface area contributed by atoms with Gasteiger partial charge in [-0.15, -0.1) is 0 Å². The van der Waals surface area contributed by atoms with Crippen LogP contribution in [-0.2, 0) is 0 Å². The lowest BCUT2D eigenvalue weighted by atomic mass is 10.1. The Labute approximate surface area is 127 Å². The fourth-order valence-electron chi connectivity index (χ4n) is 1.56. The summed E-state index contributed by atoms with van der Waals surface area (Å²) in [7, 11) is 0. The topological polar surface area (TPSA) is 35.2 Å². The predicted molar refractivity (Wildman–Crippen MR) is 80.6 cm³/mol. The number of hydrogen-bond acceptors (Lipinski definition) is 2. The molecule has 0 saturated heterocycles. The van der Waals surface area contributed by atoms with Crippen molar-refractivity contribution in [2.75, 3.05) is 0 Å². The summed E-state index contributed by atoms with van der Waals surface area (Å²) in [6, 6.07) is 10.3. The molecule has 100 valence electrons. The quantitative estimate of drug-likeness (QED) is 0.816. The number of hydrogen-bond donors (Lipinski definition) is 1. The van der Waals surface area contributed by atoms with Gasteiger partial charge in [0.2, 0.25) is 0 Å². The molecule has 0 aliphatic rings. The van der Waals surface area contributed by atoms with E-state index in [9.17, 15) is 0 Å². The molecule has 2 aromatic rings. The van der Waals surface area contributed by atoms with Crippen molar-refractivity contribution in [1.29, 1.82) is 0 Å². The second-order valence-electron chi connectivity index (χ2n) is 4.16. The zero-order valence-corrected chi connectivity index (χ0v) is 12.4. The van der Waals surface area contributed by atoms with E-state index in [4.69, 9.17) is 45.3 Å². The first kappa shape index (κ1) is 14.5. The van der Waals surface area contributed by atoms with E-state index in [0.29, 0.717) is 26.6 Å². The van der Waals surface area contributed by atoms with Crippen LogP contribution in [-0.4, -0.2) is 0 Å². The zero-order valence-electron chi connectivity index (χ0n) is 10.2. The van der Waals surface area contributed by atoms with Crippen molar-refractivity contribution in [3.8, 4) is 11.5 Å². The first-order chi connectivity index (χ1) is 8.97. The van der Waals surface area contributed by atoms with Crippen LogP contribution in [0.25, 0.3) is 0 Å². The van der Waals surface area contributed by atoms with Crippen LogP contribution in [0.4, 0.5) is 0 Å². The second-order valence-corrected chi connectivity index (χ2v) is 5.41. The maximum absolute atomic E-state index is 6.16. The summed E-state index contributed by atoms with van der Waals surface area (Å²) in [5, 5.41) is 1.49. The Bertz CT molecular complexity index is 599. The second kappa shape index (κ2) is 6.02. The number of nitrogens with two attached hydrogens (primary N) is 1. The molecule has 0 amide bonds. The van der Waals surface area contributed by atoms with E-state index in [0.717, 1.165) is 5.56 Å². The summed E-state index contributed by atoms with van der Waals surface area (Å²) in [5.41, 5.74) is 6.73. The predicted octanol–water partition coefficient (Wildman–Crippen LogP) is 5.46. The van der Waals surface area contributed by atoms with Crippen LogP contribution in [0, 0.1) is 0 Å². The summed E-state index contributed by atoms with van der Waals surface area (Å²) >= 11 is 18.1. The summed E-state index contributed by atoms with van der Waals surface area (Å²) in [6.07, 6.45) is 0. The van der Waals surface area contributed by atoms with E-state index in [1.54, 1.807) is 30.3 Å². The molecule has 0 radical (unpaired) electrons. The molecule has 19 heavy (non-hydrogen) atoms. The largest absolute Gasteiger partial charge is 0.454 e. The van der Waals surface area contributed by atoms with Crippen molar-refractivity contribution in [1.82, 2.24) is 0 Å². The molecule has 5 heteroatoms. The Morgan fingerprint density at radius 1 is 0.947 bits per heavy atom. The number of benzene rings is 2. The van der Waals surface area contributed by atoms with Gasteiger partial charge in [-0.3, -0.25) is 0 Å². The Morgan fingerprint density at radius 2 is 1.68 bits per heavy atom. The summed E-state index contributed by atoms with van der Waals surface area (Å²) < 4.78 is 5.67. The van der Waals surface area contributed by atoms with Gasteiger partial charge in [0, 0.05) is 17.1 Å². The molecule has 0 aliphatic heterocycles. The highest BCUT2D eigenvalue weighted by Gasteiger charge is 2.09. The Hall–Kier alpha value is -0.930. The molecule has 2 rings (SSSR count). The van der Waals surface area contributed by atoms with E-state index >= 15 is 0 Å². The van der Waals surface area contributed by atoms with Crippen molar-refractivity contribution < 1.29 is 4.74 Å². The van der Waals surface area contributed by atoms with Crippen molar-refractivity contribution in [3.05, 3.63) is 57.0 Å². The number of rotatable bonds is 3. The molecule has 0 heterocycles. The maximum atomic E-state index is 6.16. The molecular weight excluding hydrogens is 305 g/mol. The average molecular weight is 317 g/mol. The fraction of sp³-hybridized carbons (Fsp3) is 0.143. The van der Waals surface area contributed by atoms with E-state index in [-0.39, 0.29) is 6.04 Å². The number of ether oxygens (including phenoxy) is 1. The lowest BCUT2D eigenvalue weighted by molar-refractivity contribution is 0.483. The van der Waals surface area contributed by atoms with E-state index in [2.05, 4.69) is 0 Å². The molecule has 0 bridgehead atoms. The molecule has 0 spiro atoms. The van der Waals surface area contributed by atoms with Gasteiger partial charge in [-0.05, 0) is 36.8 Å². The van der Waals surface area contributed by atoms with Gasteiger partial charge in [0.05, 0.1) is 10.0 Å². The third kappa shape index (κ3) is 3.54. The van der Waals surface area contributed by atoms with E-state index < -0.39 is 0 Å². The van der Waals surface area contributed by atoms with E-state index in [1.165, 1.54) is 0 Å². The number of halogens is 3. The van der Waals surface area contributed by atoms with Crippen LogP contribution in [0.15, 0.2) is 36.4 Å². The highest BCUT2D eigenvalue weighted by molar-refractivity contribution is 6.34. The summed E-state index contributed by atoms with van der Waals surface area (Å²) in [5.74, 6) is 0.972. The average Bonchev–Trinajstić information content (AvgIpc) is 2.36. The minimum atomic E-state index is -0.0821. The van der Waals surface area contributed by atoms with Crippen LogP contribution >= 0.6 is 34.8 Å². The molecule has 0 unspecified atom stereocenters. The first-order valence-corrected chi connectivity index (χ1v) is 6.78. The summed E-state index contributed by atoms with van der Waals surface area (Å²) in [4.78, 5) is 0. The molecule has 0 fully saturated rings. The zero-order chi connectivity index (χ0) is 14.0. The Balaban J connectivity index is 2.31. The molecule has 0 aliphatic carbocycles. The highest BCUT2D eigenvalue weighted by atomic mass is 35.5. The van der Waals surface area contributed by atoms with Crippen LogP contribution in [0.5, 0.6) is 11.5 Å². The molecule has 1 atom stereocenters. The van der Waals surface area contributed by atoms with Crippen LogP contribution < -0.4 is 10.5 Å². The minimum Gasteiger partial charge on any atom is -0.454 e. The van der Waals surface area contributed by atoms with Gasteiger partial charge in [0.25, 0.3) is 0 Å². The third-order valence-corrected chi connectivity index (χ3v) is 3.44. The minimum absolute atomic E-state index is 0.0821. The molecule has 2 nitrogen and oxygen atoms in total. The Kier molecular flexibility index (Phi) is 4.58. The van der Waals surface area contributed by atoms with Crippen molar-refractivity contribution >= 4 is 34.8 Å². The van der Waals surface area contributed by atoms with Gasteiger partial charge >= 0.3 is 0 Å². The molecule has 2 N–H and O–H groups in total. The molecule has 2 aromatic carbocycles. The molecule has 0 saturated carbocycles. The van der Waals surface area contributed by atoms with E-state index in [1.807, 2.05) is 13.0 Å². The smallest absolute Gasteiger partial charge is 0.147 e. The third-order valence-electron chi connectivity index (χ3n) is 2.59. The standard InChI is InChI=1S/C14H12Cl3NO/c1-8(18)9-2-5-13(12(17)6-9)19-14-7-10(15)3-4-11(14)16/h2-8H,18H2,1H3/t8-/m1/s1. The SMILES string of the molecule is C[C@@H](N)c1ccc(Oc2cc(Cl)ccc2Cl)c(Cl)c1. The molecular formula is C14H12Cl3NO. The van der Waals surface area contributed by atoms with Gasteiger partial charge in [0.1, 0.15) is 11.5 Å². The van der Waals surface area contributed by atoms with Crippen LogP contribution in [0.2, 0.25) is 15.1 Å². The van der Waals surface area contributed by atoms with Gasteiger partial charge in [-0.25, -0.2) is 0 Å². The lowest BCUT2D eigenvalue weighted by Crippen LogP contribution is -2.04. The first-order valence-electron chi connectivity index (χ1n) is 5.65. The fourth-order valence-corrected chi connectivity index (χ4v) is 2.10. The van der Waals surface area contributed by atoms with Crippen LogP contribution in [0.3, 0.4) is 0 Å². The molecule has 0 aromatic heterocycles. The monoisotopic (exact) mass is 315 g/mol. The van der Waals surface area contributed by atoms with Crippen molar-refractivity contribution in [3.63, 3.8) is 0 Å². The normalized spacial score (nSPS) is 12.3. The maximum Gasteiger partial charge on any atom is 0.147 e. The van der Waals surface area contributed by atoms with Gasteiger partial charge in [0.15, 0.2) is 0 Å².